The monoisotopic (exact) mass is 118 g/mol. The third-order valence-electron chi connectivity index (χ3n) is 0.913. The van der Waals surface area contributed by atoms with Gasteiger partial charge in [0, 0.05) is 19.3 Å². The molecule has 0 aromatic carbocycles. The van der Waals surface area contributed by atoms with Gasteiger partial charge in [-0.25, -0.2) is 5.01 Å². The van der Waals surface area contributed by atoms with Crippen molar-refractivity contribution in [1.82, 2.24) is 10.4 Å². The van der Waals surface area contributed by atoms with Crippen LogP contribution in [0.5, 0.6) is 0 Å². The van der Waals surface area contributed by atoms with Crippen LogP contribution in [0, 0.1) is 0 Å². The fourth-order valence-corrected chi connectivity index (χ4v) is 1.29. The van der Waals surface area contributed by atoms with E-state index in [0.29, 0.717) is 0 Å². The molecule has 1 rings (SSSR count). The molecule has 1 N–H and O–H groups in total. The molecule has 1 fully saturated rings. The molecule has 0 spiro atoms. The molecular weight excluding hydrogens is 108 g/mol. The van der Waals surface area contributed by atoms with Gasteiger partial charge in [-0.05, 0) is 0 Å². The highest BCUT2D eigenvalue weighted by molar-refractivity contribution is 7.99. The predicted molar refractivity (Wildman–Crippen MR) is 33.1 cm³/mol. The standard InChI is InChI=1S/C4H10N2S/c1-6-4-7-3-2-5-6/h5H,2-4H2,1H3. The molecule has 0 unspecified atom stereocenters. The lowest BCUT2D eigenvalue weighted by molar-refractivity contribution is 0.278. The second-order valence-electron chi connectivity index (χ2n) is 1.64. The van der Waals surface area contributed by atoms with Crippen LogP contribution in [0.2, 0.25) is 0 Å². The van der Waals surface area contributed by atoms with Crippen LogP contribution >= 0.6 is 11.8 Å². The van der Waals surface area contributed by atoms with Crippen molar-refractivity contribution in [3.8, 4) is 0 Å². The maximum atomic E-state index is 3.19. The number of hydrazine groups is 1. The highest BCUT2D eigenvalue weighted by Gasteiger charge is 2.01. The first kappa shape index (κ1) is 5.41. The average Bonchev–Trinajstić information content (AvgIpc) is 1.69. The van der Waals surface area contributed by atoms with Gasteiger partial charge in [0.15, 0.2) is 0 Å². The molecule has 7 heavy (non-hydrogen) atoms. The van der Waals surface area contributed by atoms with Crippen molar-refractivity contribution >= 4 is 11.8 Å². The highest BCUT2D eigenvalue weighted by Crippen LogP contribution is 2.02. The molecule has 1 heterocycles. The molecule has 42 valence electrons. The third kappa shape index (κ3) is 1.67. The average molecular weight is 118 g/mol. The summed E-state index contributed by atoms with van der Waals surface area (Å²) in [6.45, 7) is 1.13. The Kier molecular flexibility index (Phi) is 1.97. The summed E-state index contributed by atoms with van der Waals surface area (Å²) in [4.78, 5) is 0. The summed E-state index contributed by atoms with van der Waals surface area (Å²) >= 11 is 1.97. The van der Waals surface area contributed by atoms with Crippen LogP contribution in [-0.4, -0.2) is 30.2 Å². The van der Waals surface area contributed by atoms with E-state index in [2.05, 4.69) is 17.5 Å². The van der Waals surface area contributed by atoms with Gasteiger partial charge >= 0.3 is 0 Å². The zero-order valence-corrected chi connectivity index (χ0v) is 5.29. The van der Waals surface area contributed by atoms with Gasteiger partial charge in [-0.3, -0.25) is 5.43 Å². The largest absolute Gasteiger partial charge is 0.254 e. The highest BCUT2D eigenvalue weighted by atomic mass is 32.2. The van der Waals surface area contributed by atoms with E-state index in [1.165, 1.54) is 5.75 Å². The molecule has 0 aromatic rings. The van der Waals surface area contributed by atoms with Gasteiger partial charge in [-0.15, -0.1) is 11.8 Å². The zero-order valence-electron chi connectivity index (χ0n) is 4.48. The van der Waals surface area contributed by atoms with Gasteiger partial charge in [-0.1, -0.05) is 0 Å². The summed E-state index contributed by atoms with van der Waals surface area (Å²) in [6.07, 6.45) is 0. The van der Waals surface area contributed by atoms with Crippen LogP contribution < -0.4 is 5.43 Å². The second kappa shape index (κ2) is 2.55. The van der Waals surface area contributed by atoms with Gasteiger partial charge in [0.2, 0.25) is 0 Å². The fourth-order valence-electron chi connectivity index (χ4n) is 0.556. The van der Waals surface area contributed by atoms with Crippen molar-refractivity contribution in [3.63, 3.8) is 0 Å². The van der Waals surface area contributed by atoms with E-state index in [1.54, 1.807) is 0 Å². The Bertz CT molecular complexity index is 51.7. The van der Waals surface area contributed by atoms with E-state index in [4.69, 9.17) is 0 Å². The molecule has 1 aliphatic rings. The van der Waals surface area contributed by atoms with Crippen LogP contribution in [-0.2, 0) is 0 Å². The summed E-state index contributed by atoms with van der Waals surface area (Å²) in [5.41, 5.74) is 3.19. The molecule has 0 aliphatic carbocycles. The molecule has 2 nitrogen and oxygen atoms in total. The molecule has 0 amide bonds. The van der Waals surface area contributed by atoms with Crippen LogP contribution in [0.4, 0.5) is 0 Å². The summed E-state index contributed by atoms with van der Waals surface area (Å²) < 4.78 is 0. The van der Waals surface area contributed by atoms with E-state index in [-0.39, 0.29) is 0 Å². The second-order valence-corrected chi connectivity index (χ2v) is 2.72. The van der Waals surface area contributed by atoms with Crippen LogP contribution in [0.1, 0.15) is 0 Å². The molecule has 1 saturated heterocycles. The summed E-state index contributed by atoms with van der Waals surface area (Å²) in [5, 5.41) is 2.11. The van der Waals surface area contributed by atoms with Crippen molar-refractivity contribution in [3.05, 3.63) is 0 Å². The van der Waals surface area contributed by atoms with Crippen LogP contribution in [0.15, 0.2) is 0 Å². The third-order valence-corrected chi connectivity index (χ3v) is 1.98. The van der Waals surface area contributed by atoms with Crippen molar-refractivity contribution in [2.24, 2.45) is 0 Å². The number of hydrogen-bond donors (Lipinski definition) is 1. The Morgan fingerprint density at radius 1 is 1.71 bits per heavy atom. The number of thioether (sulfide) groups is 1. The molecule has 0 aromatic heterocycles. The summed E-state index contributed by atoms with van der Waals surface area (Å²) in [5.74, 6) is 2.38. The molecule has 0 radical (unpaired) electrons. The first-order valence-electron chi connectivity index (χ1n) is 2.42. The maximum absolute atomic E-state index is 3.19. The Morgan fingerprint density at radius 2 is 2.57 bits per heavy atom. The number of hydrogen-bond acceptors (Lipinski definition) is 3. The molecule has 3 heteroatoms. The van der Waals surface area contributed by atoms with Gasteiger partial charge in [0.1, 0.15) is 0 Å². The number of rotatable bonds is 0. The molecule has 0 atom stereocenters. The minimum atomic E-state index is 1.12. The van der Waals surface area contributed by atoms with E-state index >= 15 is 0 Å². The smallest absolute Gasteiger partial charge is 0.0584 e. The fraction of sp³-hybridized carbons (Fsp3) is 1.00. The lowest BCUT2D eigenvalue weighted by Crippen LogP contribution is -2.39. The number of nitrogens with one attached hydrogen (secondary N) is 1. The van der Waals surface area contributed by atoms with E-state index < -0.39 is 0 Å². The Balaban J connectivity index is 2.12. The maximum Gasteiger partial charge on any atom is 0.0584 e. The molecule has 0 bridgehead atoms. The first-order chi connectivity index (χ1) is 3.39. The lowest BCUT2D eigenvalue weighted by Gasteiger charge is -2.21. The van der Waals surface area contributed by atoms with Crippen molar-refractivity contribution in [2.45, 2.75) is 0 Å². The van der Waals surface area contributed by atoms with Gasteiger partial charge < -0.3 is 0 Å². The number of nitrogens with zero attached hydrogens (tertiary/aromatic N) is 1. The quantitative estimate of drug-likeness (QED) is 0.486. The molecule has 1 aliphatic heterocycles. The zero-order chi connectivity index (χ0) is 5.11. The van der Waals surface area contributed by atoms with Crippen molar-refractivity contribution < 1.29 is 0 Å². The Morgan fingerprint density at radius 3 is 2.86 bits per heavy atom. The molecular formula is C4H10N2S. The normalized spacial score (nSPS) is 25.3. The van der Waals surface area contributed by atoms with Crippen LogP contribution in [0.3, 0.4) is 0 Å². The predicted octanol–water partition coefficient (Wildman–Crippen LogP) is 0.127. The van der Waals surface area contributed by atoms with E-state index in [0.717, 1.165) is 12.4 Å². The lowest BCUT2D eigenvalue weighted by atomic mass is 10.8. The topological polar surface area (TPSA) is 15.3 Å². The molecule has 0 saturated carbocycles. The summed E-state index contributed by atoms with van der Waals surface area (Å²) in [6, 6.07) is 0. The Hall–Kier alpha value is 0.270. The van der Waals surface area contributed by atoms with E-state index in [1.807, 2.05) is 11.8 Å². The minimum Gasteiger partial charge on any atom is -0.254 e. The van der Waals surface area contributed by atoms with Gasteiger partial charge in [0.05, 0.1) is 5.88 Å². The summed E-state index contributed by atoms with van der Waals surface area (Å²) in [7, 11) is 2.06. The van der Waals surface area contributed by atoms with Gasteiger partial charge in [0.25, 0.3) is 0 Å². The SMILES string of the molecule is CN1CSCCN1. The van der Waals surface area contributed by atoms with Gasteiger partial charge in [-0.2, -0.15) is 0 Å². The van der Waals surface area contributed by atoms with Crippen molar-refractivity contribution in [2.75, 3.05) is 25.2 Å². The first-order valence-corrected chi connectivity index (χ1v) is 3.57. The van der Waals surface area contributed by atoms with Crippen molar-refractivity contribution in [1.29, 1.82) is 0 Å². The minimum absolute atomic E-state index is 1.12. The van der Waals surface area contributed by atoms with E-state index in [9.17, 15) is 0 Å². The van der Waals surface area contributed by atoms with Crippen LogP contribution in [0.25, 0.3) is 0 Å². The Labute approximate surface area is 48.2 Å².